The lowest BCUT2D eigenvalue weighted by molar-refractivity contribution is -0.163. The molecule has 2 fully saturated rings. The molecule has 0 amide bonds. The Balaban J connectivity index is 1.51. The fraction of sp³-hybridized carbons (Fsp3) is 0.424. The monoisotopic (exact) mass is 543 g/mol. The van der Waals surface area contributed by atoms with E-state index in [0.717, 1.165) is 59.2 Å². The zero-order valence-electron chi connectivity index (χ0n) is 23.2. The second-order valence-corrected chi connectivity index (χ2v) is 10.7. The van der Waals surface area contributed by atoms with Crippen molar-refractivity contribution in [2.24, 2.45) is 11.8 Å². The third kappa shape index (κ3) is 4.87. The van der Waals surface area contributed by atoms with E-state index in [1.165, 1.54) is 0 Å². The molecule has 2 atom stereocenters. The highest BCUT2D eigenvalue weighted by Gasteiger charge is 2.63. The van der Waals surface area contributed by atoms with Gasteiger partial charge in [-0.25, -0.2) is 9.59 Å². The van der Waals surface area contributed by atoms with Crippen molar-refractivity contribution in [1.82, 2.24) is 5.32 Å². The van der Waals surface area contributed by atoms with Gasteiger partial charge in [-0.1, -0.05) is 74.4 Å². The molecule has 1 aliphatic carbocycles. The van der Waals surface area contributed by atoms with Gasteiger partial charge in [-0.05, 0) is 65.8 Å². The summed E-state index contributed by atoms with van der Waals surface area (Å²) in [7, 11) is 0. The molecule has 0 bridgehead atoms. The number of benzene rings is 3. The van der Waals surface area contributed by atoms with E-state index in [1.54, 1.807) is 13.8 Å². The average molecular weight is 544 g/mol. The fourth-order valence-electron chi connectivity index (χ4n) is 6.49. The molecule has 1 saturated carbocycles. The summed E-state index contributed by atoms with van der Waals surface area (Å²) in [5.41, 5.74) is -0.910. The molecule has 3 aromatic carbocycles. The van der Waals surface area contributed by atoms with E-state index in [-0.39, 0.29) is 31.3 Å². The minimum Gasteiger partial charge on any atom is -0.464 e. The fourth-order valence-corrected chi connectivity index (χ4v) is 6.49. The summed E-state index contributed by atoms with van der Waals surface area (Å²) in [6, 6.07) is 17.7. The van der Waals surface area contributed by atoms with Crippen LogP contribution in [0.2, 0.25) is 0 Å². The van der Waals surface area contributed by atoms with Crippen molar-refractivity contribution in [1.29, 1.82) is 0 Å². The van der Waals surface area contributed by atoms with Gasteiger partial charge in [0, 0.05) is 11.6 Å². The van der Waals surface area contributed by atoms with E-state index in [2.05, 4.69) is 18.0 Å². The highest BCUT2D eigenvalue weighted by atomic mass is 16.6. The third-order valence-electron chi connectivity index (χ3n) is 8.42. The third-order valence-corrected chi connectivity index (χ3v) is 8.42. The number of esters is 3. The molecule has 1 N–H and O–H groups in total. The Morgan fingerprint density at radius 1 is 0.850 bits per heavy atom. The van der Waals surface area contributed by atoms with Gasteiger partial charge in [0.2, 0.25) is 5.54 Å². The number of carbonyl (C=O) groups is 3. The Morgan fingerprint density at radius 3 is 1.95 bits per heavy atom. The maximum Gasteiger partial charge on any atom is 0.342 e. The van der Waals surface area contributed by atoms with E-state index >= 15 is 0 Å². The minimum atomic E-state index is -1.95. The normalized spacial score (nSPS) is 20.9. The maximum atomic E-state index is 14.0. The molecule has 0 spiro atoms. The maximum absolute atomic E-state index is 14.0. The van der Waals surface area contributed by atoms with Gasteiger partial charge >= 0.3 is 17.9 Å². The van der Waals surface area contributed by atoms with Gasteiger partial charge in [0.05, 0.1) is 19.1 Å². The number of rotatable bonds is 8. The van der Waals surface area contributed by atoms with E-state index in [1.807, 2.05) is 48.5 Å². The smallest absolute Gasteiger partial charge is 0.342 e. The predicted molar refractivity (Wildman–Crippen MR) is 153 cm³/mol. The van der Waals surface area contributed by atoms with Crippen LogP contribution in [0.15, 0.2) is 66.7 Å². The second kappa shape index (κ2) is 11.8. The van der Waals surface area contributed by atoms with Gasteiger partial charge in [-0.15, -0.1) is 0 Å². The quantitative estimate of drug-likeness (QED) is 0.130. The molecule has 7 heteroatoms. The lowest BCUT2D eigenvalue weighted by Gasteiger charge is -2.31. The van der Waals surface area contributed by atoms with E-state index in [0.29, 0.717) is 0 Å². The first kappa shape index (κ1) is 27.8. The number of hydrogen-bond donors (Lipinski definition) is 1. The van der Waals surface area contributed by atoms with Gasteiger partial charge in [0.15, 0.2) is 0 Å². The van der Waals surface area contributed by atoms with Crippen molar-refractivity contribution >= 4 is 39.5 Å². The molecule has 3 aromatic rings. The molecule has 2 aliphatic rings. The first-order chi connectivity index (χ1) is 19.4. The van der Waals surface area contributed by atoms with Crippen LogP contribution in [0.25, 0.3) is 21.5 Å². The summed E-state index contributed by atoms with van der Waals surface area (Å²) < 4.78 is 16.7. The van der Waals surface area contributed by atoms with E-state index in [4.69, 9.17) is 14.2 Å². The van der Waals surface area contributed by atoms with Gasteiger partial charge in [0.25, 0.3) is 0 Å². The summed E-state index contributed by atoms with van der Waals surface area (Å²) in [6.45, 7) is 7.70. The van der Waals surface area contributed by atoms with Crippen molar-refractivity contribution in [3.63, 3.8) is 0 Å². The van der Waals surface area contributed by atoms with Crippen LogP contribution in [0, 0.1) is 11.8 Å². The molecule has 1 aliphatic heterocycles. The SMILES string of the molecule is C=C1C(C(=O)OCc2c3ccccc3cc3ccccc23)C(C2CCCCC2)NC1(C(=O)OCC)C(=O)OCC. The van der Waals surface area contributed by atoms with Crippen molar-refractivity contribution in [3.05, 3.63) is 72.3 Å². The summed E-state index contributed by atoms with van der Waals surface area (Å²) in [5.74, 6) is -2.94. The van der Waals surface area contributed by atoms with Crippen LogP contribution in [-0.2, 0) is 35.2 Å². The molecular weight excluding hydrogens is 506 g/mol. The first-order valence-electron chi connectivity index (χ1n) is 14.3. The Labute approximate surface area is 234 Å². The number of hydrogen-bond acceptors (Lipinski definition) is 7. The first-order valence-corrected chi connectivity index (χ1v) is 14.3. The van der Waals surface area contributed by atoms with Crippen molar-refractivity contribution in [3.8, 4) is 0 Å². The lowest BCUT2D eigenvalue weighted by Crippen LogP contribution is -2.59. The molecule has 7 nitrogen and oxygen atoms in total. The van der Waals surface area contributed by atoms with Crippen LogP contribution < -0.4 is 5.32 Å². The molecular formula is C33H37NO6. The lowest BCUT2D eigenvalue weighted by atomic mass is 9.77. The average Bonchev–Trinajstić information content (AvgIpc) is 3.29. The van der Waals surface area contributed by atoms with Gasteiger partial charge < -0.3 is 14.2 Å². The number of fused-ring (bicyclic) bond motifs is 2. The van der Waals surface area contributed by atoms with Crippen LogP contribution in [0.3, 0.4) is 0 Å². The number of nitrogens with one attached hydrogen (secondary N) is 1. The molecule has 5 rings (SSSR count). The molecule has 210 valence electrons. The van der Waals surface area contributed by atoms with Gasteiger partial charge in [-0.2, -0.15) is 0 Å². The topological polar surface area (TPSA) is 90.9 Å². The Bertz CT molecular complexity index is 1370. The number of ether oxygens (including phenoxy) is 3. The van der Waals surface area contributed by atoms with Crippen LogP contribution in [0.4, 0.5) is 0 Å². The minimum absolute atomic E-state index is 0.0493. The molecule has 1 saturated heterocycles. The standard InChI is InChI=1S/C33H37NO6/c1-4-38-31(36)33(32(37)39-5-2)21(3)28(29(34-33)22-13-7-6-8-14-22)30(35)40-20-27-25-17-11-9-15-23(25)19-24-16-10-12-18-26(24)27/h9-12,15-19,22,28-29,34H,3-8,13-14,20H2,1-2H3. The van der Waals surface area contributed by atoms with Crippen molar-refractivity contribution < 1.29 is 28.6 Å². The zero-order chi connectivity index (χ0) is 28.3. The second-order valence-electron chi connectivity index (χ2n) is 10.7. The van der Waals surface area contributed by atoms with Crippen LogP contribution in [0.5, 0.6) is 0 Å². The number of carbonyl (C=O) groups excluding carboxylic acids is 3. The summed E-state index contributed by atoms with van der Waals surface area (Å²) in [4.78, 5) is 40.7. The van der Waals surface area contributed by atoms with E-state index < -0.39 is 35.4 Å². The molecule has 40 heavy (non-hydrogen) atoms. The highest BCUT2D eigenvalue weighted by molar-refractivity contribution is 6.11. The molecule has 1 heterocycles. The molecule has 2 unspecified atom stereocenters. The Hall–Kier alpha value is -3.71. The predicted octanol–water partition coefficient (Wildman–Crippen LogP) is 5.63. The summed E-state index contributed by atoms with van der Waals surface area (Å²) in [5, 5.41) is 7.36. The van der Waals surface area contributed by atoms with E-state index in [9.17, 15) is 14.4 Å². The van der Waals surface area contributed by atoms with Crippen molar-refractivity contribution in [2.75, 3.05) is 13.2 Å². The summed E-state index contributed by atoms with van der Waals surface area (Å²) >= 11 is 0. The van der Waals surface area contributed by atoms with Crippen molar-refractivity contribution in [2.45, 2.75) is 64.1 Å². The molecule has 0 radical (unpaired) electrons. The Kier molecular flexibility index (Phi) is 8.22. The zero-order valence-corrected chi connectivity index (χ0v) is 23.2. The molecule has 0 aromatic heterocycles. The highest BCUT2D eigenvalue weighted by Crippen LogP contribution is 2.43. The van der Waals surface area contributed by atoms with Gasteiger partial charge in [-0.3, -0.25) is 10.1 Å². The van der Waals surface area contributed by atoms with Crippen LogP contribution >= 0.6 is 0 Å². The van der Waals surface area contributed by atoms with Crippen LogP contribution in [0.1, 0.15) is 51.5 Å². The Morgan fingerprint density at radius 2 is 1.40 bits per heavy atom. The largest absolute Gasteiger partial charge is 0.464 e. The van der Waals surface area contributed by atoms with Gasteiger partial charge in [0.1, 0.15) is 6.61 Å². The summed E-state index contributed by atoms with van der Waals surface area (Å²) in [6.07, 6.45) is 4.92. The van der Waals surface area contributed by atoms with Crippen LogP contribution in [-0.4, -0.2) is 42.7 Å².